The molecule has 0 bridgehead atoms. The summed E-state index contributed by atoms with van der Waals surface area (Å²) in [6, 6.07) is 9.42. The Hall–Kier alpha value is -4.61. The predicted molar refractivity (Wildman–Crippen MR) is 149 cm³/mol. The van der Waals surface area contributed by atoms with Gasteiger partial charge < -0.3 is 25.4 Å². The van der Waals surface area contributed by atoms with Gasteiger partial charge in [-0.2, -0.15) is 0 Å². The van der Waals surface area contributed by atoms with E-state index in [1.54, 1.807) is 45.0 Å². The second-order valence-corrected chi connectivity index (χ2v) is 9.43. The number of carbonyl (C=O) groups is 5. The highest BCUT2D eigenvalue weighted by Crippen LogP contribution is 2.10. The van der Waals surface area contributed by atoms with Crippen molar-refractivity contribution in [3.63, 3.8) is 0 Å². The molecule has 0 unspecified atom stereocenters. The van der Waals surface area contributed by atoms with E-state index in [4.69, 9.17) is 10.9 Å². The normalized spacial score (nSPS) is 12.7. The topological polar surface area (TPSA) is 140 Å². The Labute approximate surface area is 244 Å². The third-order valence-electron chi connectivity index (χ3n) is 5.74. The average molecular weight is 589 g/mol. The third kappa shape index (κ3) is 11.9. The summed E-state index contributed by atoms with van der Waals surface area (Å²) in [6.45, 7) is 4.16. The van der Waals surface area contributed by atoms with E-state index in [0.717, 1.165) is 23.8 Å². The number of benzene rings is 2. The number of hydrogen-bond acceptors (Lipinski definition) is 7. The summed E-state index contributed by atoms with van der Waals surface area (Å²) < 4.78 is 44.9. The van der Waals surface area contributed by atoms with Crippen molar-refractivity contribution in [2.45, 2.75) is 52.3 Å². The summed E-state index contributed by atoms with van der Waals surface area (Å²) in [7, 11) is 0. The van der Waals surface area contributed by atoms with Crippen LogP contribution in [0, 0.1) is 17.6 Å². The highest BCUT2D eigenvalue weighted by Gasteiger charge is 2.30. The van der Waals surface area contributed by atoms with Gasteiger partial charge in [-0.15, -0.1) is 0 Å². The first-order chi connectivity index (χ1) is 20.4. The van der Waals surface area contributed by atoms with Crippen LogP contribution in [0.4, 0.5) is 8.78 Å². The molecule has 3 amide bonds. The molecule has 0 aromatic heterocycles. The van der Waals surface area contributed by atoms with E-state index in [2.05, 4.69) is 10.6 Å². The number of rotatable bonds is 15. The highest BCUT2D eigenvalue weighted by atomic mass is 19.2. The fourth-order valence-electron chi connectivity index (χ4n) is 3.54. The highest BCUT2D eigenvalue weighted by molar-refractivity contribution is 5.95. The minimum Gasteiger partial charge on any atom is -0.464 e. The Balaban J connectivity index is 1.97. The molecule has 0 aliphatic carbocycles. The van der Waals surface area contributed by atoms with Gasteiger partial charge in [0.05, 0.1) is 13.2 Å². The van der Waals surface area contributed by atoms with Gasteiger partial charge in [-0.1, -0.05) is 50.2 Å². The summed E-state index contributed by atoms with van der Waals surface area (Å²) in [6.07, 6.45) is 1.85. The van der Waals surface area contributed by atoms with Crippen molar-refractivity contribution in [2.24, 2.45) is 5.92 Å². The Morgan fingerprint density at radius 2 is 1.71 bits per heavy atom. The molecule has 12 heteroatoms. The lowest BCUT2D eigenvalue weighted by atomic mass is 10.0. The molecule has 42 heavy (non-hydrogen) atoms. The van der Waals surface area contributed by atoms with Gasteiger partial charge in [0.1, 0.15) is 18.7 Å². The summed E-state index contributed by atoms with van der Waals surface area (Å²) in [5.74, 6) is -6.62. The molecule has 2 atom stereocenters. The zero-order valence-corrected chi connectivity index (χ0v) is 23.6. The van der Waals surface area contributed by atoms with Crippen LogP contribution < -0.4 is 15.9 Å². The zero-order chi connectivity index (χ0) is 31.9. The molecule has 0 fully saturated rings. The van der Waals surface area contributed by atoms with Gasteiger partial charge >= 0.3 is 11.9 Å². The molecule has 226 valence electrons. The fraction of sp³-hybridized carbons (Fsp3) is 0.367. The van der Waals surface area contributed by atoms with E-state index in [0.29, 0.717) is 5.31 Å². The second-order valence-electron chi connectivity index (χ2n) is 9.43. The molecule has 10 nitrogen and oxygen atoms in total. The van der Waals surface area contributed by atoms with Crippen molar-refractivity contribution in [3.8, 4) is 0 Å². The van der Waals surface area contributed by atoms with Gasteiger partial charge in [0.25, 0.3) is 0 Å². The van der Waals surface area contributed by atoms with Crippen molar-refractivity contribution in [1.29, 1.82) is 0 Å². The van der Waals surface area contributed by atoms with Crippen LogP contribution >= 0.6 is 0 Å². The Morgan fingerprint density at radius 1 is 1.00 bits per heavy atom. The SMILES string of the molecule is [2H]N(C(=O)CNC(=O)/C=C/c1ccc(F)c(F)c1)[C@H](C(=O)N[C@@H](CCC(=O)OCc1ccccc1)C(=O)OCC)C(C)C. The van der Waals surface area contributed by atoms with Crippen molar-refractivity contribution >= 4 is 35.7 Å². The fourth-order valence-corrected chi connectivity index (χ4v) is 3.54. The van der Waals surface area contributed by atoms with E-state index >= 15 is 0 Å². The Bertz CT molecular complexity index is 1310. The molecule has 2 aromatic rings. The summed E-state index contributed by atoms with van der Waals surface area (Å²) in [5.41, 5.74) is 0.987. The summed E-state index contributed by atoms with van der Waals surface area (Å²) in [5, 5.41) is 5.13. The molecule has 0 saturated heterocycles. The maximum atomic E-state index is 13.3. The average Bonchev–Trinajstić information content (AvgIpc) is 2.97. The van der Waals surface area contributed by atoms with Crippen LogP contribution in [0.15, 0.2) is 54.6 Å². The smallest absolute Gasteiger partial charge is 0.328 e. The molecule has 3 N–H and O–H groups in total. The number of nitrogens with one attached hydrogen (secondary N) is 3. The first-order valence-electron chi connectivity index (χ1n) is 13.8. The van der Waals surface area contributed by atoms with E-state index < -0.39 is 65.8 Å². The van der Waals surface area contributed by atoms with Crippen LogP contribution in [0.1, 0.15) is 44.7 Å². The van der Waals surface area contributed by atoms with Crippen LogP contribution in [-0.2, 0) is 40.1 Å². The molecule has 2 rings (SSSR count). The van der Waals surface area contributed by atoms with Crippen molar-refractivity contribution in [1.82, 2.24) is 15.9 Å². The standard InChI is InChI=1S/C30H35F2N3O7/c1-4-41-30(40)24(13-15-27(38)42-18-21-8-6-5-7-9-21)34-29(39)28(19(2)3)35-26(37)17-33-25(36)14-11-20-10-12-22(31)23(32)16-20/h5-12,14,16,19,24,28H,4,13,15,17-18H2,1-3H3,(H,33,36)(H,34,39)(H,35,37)/b14-11+/t24-,28-/m0/s1/i/hD. The molecule has 0 aliphatic heterocycles. The second kappa shape index (κ2) is 17.3. The number of ether oxygens (including phenoxy) is 2. The van der Waals surface area contributed by atoms with Crippen LogP contribution in [0.5, 0.6) is 0 Å². The van der Waals surface area contributed by atoms with Crippen LogP contribution in [0.3, 0.4) is 0 Å². The zero-order valence-electron chi connectivity index (χ0n) is 24.6. The predicted octanol–water partition coefficient (Wildman–Crippen LogP) is 2.81. The lowest BCUT2D eigenvalue weighted by Crippen LogP contribution is -2.55. The van der Waals surface area contributed by atoms with Gasteiger partial charge in [-0.25, -0.2) is 13.6 Å². The molecular weight excluding hydrogens is 552 g/mol. The molecular formula is C30H35F2N3O7. The maximum Gasteiger partial charge on any atom is 0.328 e. The largest absolute Gasteiger partial charge is 0.464 e. The number of halogens is 2. The number of carbonyl (C=O) groups excluding carboxylic acids is 5. The lowest BCUT2D eigenvalue weighted by molar-refractivity contribution is -0.149. The Kier molecular flexibility index (Phi) is 13.1. The van der Waals surface area contributed by atoms with Gasteiger partial charge in [0.2, 0.25) is 17.7 Å². The molecule has 2 aromatic carbocycles. The number of hydrogen-bond donors (Lipinski definition) is 3. The monoisotopic (exact) mass is 588 g/mol. The first kappa shape index (κ1) is 31.9. The first-order valence-corrected chi connectivity index (χ1v) is 13.3. The van der Waals surface area contributed by atoms with Crippen molar-refractivity contribution in [2.75, 3.05) is 13.2 Å². The summed E-state index contributed by atoms with van der Waals surface area (Å²) >= 11 is 0. The third-order valence-corrected chi connectivity index (χ3v) is 5.74. The summed E-state index contributed by atoms with van der Waals surface area (Å²) in [4.78, 5) is 62.7. The maximum absolute atomic E-state index is 13.3. The quantitative estimate of drug-likeness (QED) is 0.215. The molecule has 0 spiro atoms. The van der Waals surface area contributed by atoms with Crippen LogP contribution in [-0.4, -0.2) is 54.9 Å². The van der Waals surface area contributed by atoms with Gasteiger partial charge in [-0.3, -0.25) is 19.2 Å². The lowest BCUT2D eigenvalue weighted by Gasteiger charge is -2.24. The molecule has 0 heterocycles. The number of amides is 3. The van der Waals surface area contributed by atoms with Crippen molar-refractivity contribution in [3.05, 3.63) is 77.4 Å². The Morgan fingerprint density at radius 3 is 2.36 bits per heavy atom. The van der Waals surface area contributed by atoms with Crippen LogP contribution in [0.25, 0.3) is 6.08 Å². The molecule has 0 radical (unpaired) electrons. The van der Waals surface area contributed by atoms with Gasteiger partial charge in [0.15, 0.2) is 13.0 Å². The van der Waals surface area contributed by atoms with E-state index in [1.807, 2.05) is 6.07 Å². The van der Waals surface area contributed by atoms with E-state index in [-0.39, 0.29) is 31.6 Å². The van der Waals surface area contributed by atoms with Crippen LogP contribution in [0.2, 0.25) is 1.41 Å². The number of esters is 2. The van der Waals surface area contributed by atoms with Crippen molar-refractivity contribution < 1.29 is 43.6 Å². The molecule has 0 aliphatic rings. The minimum absolute atomic E-state index is 0.0184. The van der Waals surface area contributed by atoms with Gasteiger partial charge in [0, 0.05) is 12.5 Å². The minimum atomic E-state index is -1.36. The van der Waals surface area contributed by atoms with E-state index in [9.17, 15) is 32.8 Å². The van der Waals surface area contributed by atoms with Gasteiger partial charge in [-0.05, 0) is 48.6 Å². The van der Waals surface area contributed by atoms with E-state index in [1.165, 1.54) is 12.1 Å². The molecule has 0 saturated carbocycles.